The second kappa shape index (κ2) is 5.92. The molecular weight excluding hydrogens is 348 g/mol. The van der Waals surface area contributed by atoms with Gasteiger partial charge in [0.05, 0.1) is 35.2 Å². The fraction of sp³-hybridized carbons (Fsp3) is 0.125. The summed E-state index contributed by atoms with van der Waals surface area (Å²) in [4.78, 5) is 47.0. The van der Waals surface area contributed by atoms with Gasteiger partial charge in [-0.3, -0.25) is 29.8 Å². The predicted molar refractivity (Wildman–Crippen MR) is 86.2 cm³/mol. The van der Waals surface area contributed by atoms with E-state index in [9.17, 15) is 29.8 Å². The minimum atomic E-state index is -1.01. The van der Waals surface area contributed by atoms with E-state index in [0.29, 0.717) is 0 Å². The van der Waals surface area contributed by atoms with Crippen LogP contribution in [0.4, 0.5) is 11.4 Å². The molecule has 0 aromatic heterocycles. The number of hydrogen-bond donors (Lipinski definition) is 0. The molecule has 0 N–H and O–H groups in total. The number of nitro benzene ring substituents is 2. The highest BCUT2D eigenvalue weighted by Crippen LogP contribution is 2.43. The molecule has 0 radical (unpaired) electrons. The van der Waals surface area contributed by atoms with Gasteiger partial charge >= 0.3 is 0 Å². The Morgan fingerprint density at radius 2 is 1.04 bits per heavy atom. The number of methoxy groups -OCH3 is 2. The van der Waals surface area contributed by atoms with Gasteiger partial charge in [-0.2, -0.15) is 0 Å². The van der Waals surface area contributed by atoms with Crippen molar-refractivity contribution in [1.29, 1.82) is 0 Å². The van der Waals surface area contributed by atoms with Gasteiger partial charge in [0.25, 0.3) is 11.4 Å². The third-order valence-corrected chi connectivity index (χ3v) is 4.03. The minimum absolute atomic E-state index is 0.0526. The first kappa shape index (κ1) is 17.0. The van der Waals surface area contributed by atoms with Crippen molar-refractivity contribution in [3.63, 3.8) is 0 Å². The summed E-state index contributed by atoms with van der Waals surface area (Å²) < 4.78 is 10.1. The summed E-state index contributed by atoms with van der Waals surface area (Å²) in [5.74, 6) is -1.94. The lowest BCUT2D eigenvalue weighted by Gasteiger charge is -2.21. The number of carbonyl (C=O) groups excluding carboxylic acids is 2. The lowest BCUT2D eigenvalue weighted by atomic mass is 9.81. The topological polar surface area (TPSA) is 139 Å². The fourth-order valence-corrected chi connectivity index (χ4v) is 2.95. The van der Waals surface area contributed by atoms with Crippen molar-refractivity contribution in [2.45, 2.75) is 0 Å². The molecule has 26 heavy (non-hydrogen) atoms. The molecule has 0 aliphatic heterocycles. The molecule has 1 aliphatic rings. The van der Waals surface area contributed by atoms with E-state index in [1.165, 1.54) is 26.4 Å². The van der Waals surface area contributed by atoms with Crippen LogP contribution in [0.3, 0.4) is 0 Å². The van der Waals surface area contributed by atoms with Crippen LogP contribution in [0, 0.1) is 20.2 Å². The number of ether oxygens (including phenoxy) is 2. The van der Waals surface area contributed by atoms with Crippen LogP contribution in [-0.2, 0) is 0 Å². The highest BCUT2D eigenvalue weighted by molar-refractivity contribution is 6.32. The third-order valence-electron chi connectivity index (χ3n) is 4.03. The predicted octanol–water partition coefficient (Wildman–Crippen LogP) is 2.30. The molecule has 1 aliphatic carbocycles. The van der Waals surface area contributed by atoms with Gasteiger partial charge < -0.3 is 9.47 Å². The molecule has 0 amide bonds. The van der Waals surface area contributed by atoms with Gasteiger partial charge in [0.15, 0.2) is 0 Å². The average molecular weight is 358 g/mol. The van der Waals surface area contributed by atoms with Crippen molar-refractivity contribution in [2.24, 2.45) is 0 Å². The van der Waals surface area contributed by atoms with Crippen molar-refractivity contribution in [2.75, 3.05) is 14.2 Å². The molecule has 132 valence electrons. The van der Waals surface area contributed by atoms with Crippen LogP contribution < -0.4 is 9.47 Å². The maximum Gasteiger partial charge on any atom is 0.281 e. The zero-order valence-corrected chi connectivity index (χ0v) is 13.5. The molecule has 10 heteroatoms. The Morgan fingerprint density at radius 3 is 1.35 bits per heavy atom. The van der Waals surface area contributed by atoms with E-state index in [1.807, 2.05) is 0 Å². The smallest absolute Gasteiger partial charge is 0.281 e. The zero-order chi connectivity index (χ0) is 19.2. The summed E-state index contributed by atoms with van der Waals surface area (Å²) in [6.07, 6.45) is 0. The lowest BCUT2D eigenvalue weighted by Crippen LogP contribution is -2.25. The van der Waals surface area contributed by atoms with Gasteiger partial charge in [-0.1, -0.05) is 0 Å². The van der Waals surface area contributed by atoms with E-state index in [4.69, 9.17) is 9.47 Å². The van der Waals surface area contributed by atoms with Gasteiger partial charge in [0.1, 0.15) is 22.6 Å². The summed E-state index contributed by atoms with van der Waals surface area (Å²) in [7, 11) is 2.47. The molecular formula is C16H10N2O8. The third kappa shape index (κ3) is 2.19. The maximum atomic E-state index is 13.0. The molecule has 10 nitrogen and oxygen atoms in total. The molecule has 2 aromatic carbocycles. The van der Waals surface area contributed by atoms with Gasteiger partial charge in [-0.25, -0.2) is 0 Å². The van der Waals surface area contributed by atoms with Gasteiger partial charge in [-0.05, 0) is 12.1 Å². The van der Waals surface area contributed by atoms with Gasteiger partial charge in [0.2, 0.25) is 11.6 Å². The Kier molecular flexibility index (Phi) is 3.87. The highest BCUT2D eigenvalue weighted by Gasteiger charge is 2.43. The fourth-order valence-electron chi connectivity index (χ4n) is 2.95. The number of ketones is 2. The normalized spacial score (nSPS) is 12.2. The molecule has 0 bridgehead atoms. The standard InChI is InChI=1S/C16H10N2O8/c1-25-9-5-3-7(17(21)22)11-13(9)16(20)14-10(26-2)6-4-8(18(23)24)12(14)15(11)19/h3-6H,1-2H3. The Balaban J connectivity index is 2.48. The summed E-state index contributed by atoms with van der Waals surface area (Å²) in [5.41, 5.74) is -2.99. The van der Waals surface area contributed by atoms with Crippen molar-refractivity contribution in [3.05, 3.63) is 66.7 Å². The second-order valence-corrected chi connectivity index (χ2v) is 5.25. The van der Waals surface area contributed by atoms with E-state index >= 15 is 0 Å². The molecule has 2 aromatic rings. The molecule has 0 unspecified atom stereocenters. The van der Waals surface area contributed by atoms with E-state index in [2.05, 4.69) is 0 Å². The quantitative estimate of drug-likeness (QED) is 0.511. The van der Waals surface area contributed by atoms with Crippen LogP contribution in [0.15, 0.2) is 24.3 Å². The Bertz CT molecular complexity index is 934. The first-order valence-corrected chi connectivity index (χ1v) is 7.13. The minimum Gasteiger partial charge on any atom is -0.496 e. The first-order chi connectivity index (χ1) is 12.3. The summed E-state index contributed by atoms with van der Waals surface area (Å²) in [6.45, 7) is 0. The highest BCUT2D eigenvalue weighted by atomic mass is 16.6. The largest absolute Gasteiger partial charge is 0.496 e. The van der Waals surface area contributed by atoms with Crippen LogP contribution in [0.5, 0.6) is 11.5 Å². The Labute approximate surface area is 145 Å². The number of hydrogen-bond acceptors (Lipinski definition) is 8. The number of fused-ring (bicyclic) bond motifs is 2. The number of nitro groups is 2. The van der Waals surface area contributed by atoms with Crippen LogP contribution in [0.2, 0.25) is 0 Å². The van der Waals surface area contributed by atoms with E-state index in [1.54, 1.807) is 0 Å². The summed E-state index contributed by atoms with van der Waals surface area (Å²) in [6, 6.07) is 4.41. The second-order valence-electron chi connectivity index (χ2n) is 5.25. The molecule has 0 spiro atoms. The first-order valence-electron chi connectivity index (χ1n) is 7.13. The molecule has 0 heterocycles. The van der Waals surface area contributed by atoms with Crippen molar-refractivity contribution < 1.29 is 28.9 Å². The molecule has 0 atom stereocenters. The SMILES string of the molecule is COc1ccc([N+](=O)[O-])c2c1C(=O)c1c(OC)ccc([N+](=O)[O-])c1C2=O. The maximum absolute atomic E-state index is 13.0. The summed E-state index contributed by atoms with van der Waals surface area (Å²) >= 11 is 0. The molecule has 3 rings (SSSR count). The van der Waals surface area contributed by atoms with Crippen molar-refractivity contribution in [3.8, 4) is 11.5 Å². The van der Waals surface area contributed by atoms with Crippen LogP contribution in [0.25, 0.3) is 0 Å². The van der Waals surface area contributed by atoms with E-state index < -0.39 is 43.9 Å². The molecule has 0 saturated heterocycles. The van der Waals surface area contributed by atoms with Crippen LogP contribution >= 0.6 is 0 Å². The van der Waals surface area contributed by atoms with Crippen LogP contribution in [0.1, 0.15) is 31.8 Å². The van der Waals surface area contributed by atoms with E-state index in [0.717, 1.165) is 12.1 Å². The van der Waals surface area contributed by atoms with Crippen LogP contribution in [-0.4, -0.2) is 35.6 Å². The number of nitrogens with zero attached hydrogens (tertiary/aromatic N) is 2. The van der Waals surface area contributed by atoms with Crippen molar-refractivity contribution >= 4 is 22.9 Å². The molecule has 0 saturated carbocycles. The monoisotopic (exact) mass is 358 g/mol. The number of rotatable bonds is 4. The lowest BCUT2D eigenvalue weighted by molar-refractivity contribution is -0.385. The zero-order valence-electron chi connectivity index (χ0n) is 13.5. The summed E-state index contributed by atoms with van der Waals surface area (Å²) in [5, 5.41) is 22.6. The number of carbonyl (C=O) groups is 2. The Hall–Kier alpha value is -3.82. The average Bonchev–Trinajstić information content (AvgIpc) is 2.63. The van der Waals surface area contributed by atoms with E-state index in [-0.39, 0.29) is 22.6 Å². The van der Waals surface area contributed by atoms with Gasteiger partial charge in [-0.15, -0.1) is 0 Å². The Morgan fingerprint density at radius 1 is 0.692 bits per heavy atom. The van der Waals surface area contributed by atoms with Crippen molar-refractivity contribution in [1.82, 2.24) is 0 Å². The van der Waals surface area contributed by atoms with Gasteiger partial charge in [0, 0.05) is 12.1 Å². The molecule has 0 fully saturated rings. The number of benzene rings is 2.